The minimum Gasteiger partial charge on any atom is -0.374 e. The lowest BCUT2D eigenvalue weighted by molar-refractivity contribution is 0.0646. The monoisotopic (exact) mass is 511 g/mol. The van der Waals surface area contributed by atoms with Crippen molar-refractivity contribution < 1.29 is 4.74 Å². The molecule has 1 aromatic carbocycles. The molecule has 1 aromatic heterocycles. The van der Waals surface area contributed by atoms with Crippen LogP contribution in [0.3, 0.4) is 0 Å². The highest BCUT2D eigenvalue weighted by Crippen LogP contribution is 2.15. The normalized spacial score (nSPS) is 12.0. The van der Waals surface area contributed by atoms with Crippen molar-refractivity contribution in [1.29, 1.82) is 0 Å². The number of rotatable bonds is 12. The molecule has 0 bridgehead atoms. The van der Waals surface area contributed by atoms with Crippen LogP contribution in [-0.2, 0) is 4.74 Å². The van der Waals surface area contributed by atoms with E-state index in [9.17, 15) is 0 Å². The fourth-order valence-electron chi connectivity index (χ4n) is 2.72. The number of halogens is 1. The van der Waals surface area contributed by atoms with Crippen LogP contribution >= 0.6 is 24.0 Å². The van der Waals surface area contributed by atoms with Crippen molar-refractivity contribution >= 4 is 35.8 Å². The fourth-order valence-corrected chi connectivity index (χ4v) is 2.72. The molecule has 29 heavy (non-hydrogen) atoms. The smallest absolute Gasteiger partial charge is 0.190 e. The number of aliphatic imine (C=N–C) groups is 1. The SMILES string of the molecule is CN=C(NCCCCNc1ccccn1)NCCCOC(C)c1ccccc1.I. The predicted molar refractivity (Wildman–Crippen MR) is 132 cm³/mol. The summed E-state index contributed by atoms with van der Waals surface area (Å²) >= 11 is 0. The minimum atomic E-state index is 0. The third-order valence-electron chi connectivity index (χ3n) is 4.34. The number of unbranched alkanes of at least 4 members (excludes halogenated alkanes) is 1. The van der Waals surface area contributed by atoms with E-state index in [1.54, 1.807) is 13.2 Å². The van der Waals surface area contributed by atoms with Gasteiger partial charge in [0.05, 0.1) is 6.10 Å². The van der Waals surface area contributed by atoms with Gasteiger partial charge in [-0.05, 0) is 43.9 Å². The molecular weight excluding hydrogens is 477 g/mol. The first kappa shape index (κ1) is 25.2. The number of guanidine groups is 1. The maximum absolute atomic E-state index is 5.89. The quantitative estimate of drug-likeness (QED) is 0.172. The van der Waals surface area contributed by atoms with Gasteiger partial charge in [-0.15, -0.1) is 24.0 Å². The van der Waals surface area contributed by atoms with Gasteiger partial charge in [0, 0.05) is 39.5 Å². The van der Waals surface area contributed by atoms with Gasteiger partial charge in [-0.1, -0.05) is 36.4 Å². The molecule has 1 heterocycles. The Labute approximate surface area is 192 Å². The molecule has 0 aliphatic carbocycles. The predicted octanol–water partition coefficient (Wildman–Crippen LogP) is 4.22. The van der Waals surface area contributed by atoms with E-state index in [2.05, 4.69) is 45.0 Å². The summed E-state index contributed by atoms with van der Waals surface area (Å²) in [6.45, 7) is 5.46. The second-order valence-electron chi connectivity index (χ2n) is 6.55. The van der Waals surface area contributed by atoms with E-state index in [4.69, 9.17) is 4.74 Å². The van der Waals surface area contributed by atoms with Crippen molar-refractivity contribution in [1.82, 2.24) is 15.6 Å². The summed E-state index contributed by atoms with van der Waals surface area (Å²) in [6.07, 6.45) is 5.00. The number of nitrogens with zero attached hydrogens (tertiary/aromatic N) is 2. The molecule has 0 amide bonds. The molecule has 2 aromatic rings. The fraction of sp³-hybridized carbons (Fsp3) is 0.455. The summed E-state index contributed by atoms with van der Waals surface area (Å²) in [4.78, 5) is 8.51. The van der Waals surface area contributed by atoms with Gasteiger partial charge in [0.1, 0.15) is 5.82 Å². The second kappa shape index (κ2) is 16.0. The maximum atomic E-state index is 5.89. The number of benzene rings is 1. The minimum absolute atomic E-state index is 0. The van der Waals surface area contributed by atoms with Crippen molar-refractivity contribution in [2.75, 3.05) is 38.6 Å². The van der Waals surface area contributed by atoms with E-state index < -0.39 is 0 Å². The molecule has 1 unspecified atom stereocenters. The molecule has 0 aliphatic heterocycles. The summed E-state index contributed by atoms with van der Waals surface area (Å²) in [6, 6.07) is 16.2. The van der Waals surface area contributed by atoms with Crippen LogP contribution in [0.2, 0.25) is 0 Å². The number of hydrogen-bond donors (Lipinski definition) is 3. The summed E-state index contributed by atoms with van der Waals surface area (Å²) < 4.78 is 5.89. The van der Waals surface area contributed by atoms with Crippen LogP contribution in [0, 0.1) is 0 Å². The molecule has 6 nitrogen and oxygen atoms in total. The van der Waals surface area contributed by atoms with Crippen molar-refractivity contribution in [3.63, 3.8) is 0 Å². The largest absolute Gasteiger partial charge is 0.374 e. The Morgan fingerprint density at radius 1 is 0.966 bits per heavy atom. The van der Waals surface area contributed by atoms with E-state index in [0.717, 1.165) is 57.3 Å². The van der Waals surface area contributed by atoms with E-state index in [0.29, 0.717) is 0 Å². The Bertz CT molecular complexity index is 669. The molecule has 0 spiro atoms. The van der Waals surface area contributed by atoms with Gasteiger partial charge < -0.3 is 20.7 Å². The first-order valence-corrected chi connectivity index (χ1v) is 10.1. The Morgan fingerprint density at radius 3 is 2.34 bits per heavy atom. The van der Waals surface area contributed by atoms with Gasteiger partial charge >= 0.3 is 0 Å². The molecule has 160 valence electrons. The zero-order valence-corrected chi connectivity index (χ0v) is 19.8. The third kappa shape index (κ3) is 11.0. The van der Waals surface area contributed by atoms with Crippen LogP contribution in [0.25, 0.3) is 0 Å². The molecule has 0 radical (unpaired) electrons. The number of anilines is 1. The van der Waals surface area contributed by atoms with Crippen molar-refractivity contribution in [2.45, 2.75) is 32.3 Å². The average molecular weight is 511 g/mol. The van der Waals surface area contributed by atoms with Crippen molar-refractivity contribution in [2.24, 2.45) is 4.99 Å². The molecule has 2 rings (SSSR count). The Morgan fingerprint density at radius 2 is 1.66 bits per heavy atom. The number of nitrogens with one attached hydrogen (secondary N) is 3. The van der Waals surface area contributed by atoms with Crippen LogP contribution in [0.5, 0.6) is 0 Å². The molecule has 3 N–H and O–H groups in total. The first-order valence-electron chi connectivity index (χ1n) is 10.1. The van der Waals surface area contributed by atoms with E-state index in [1.165, 1.54) is 5.56 Å². The van der Waals surface area contributed by atoms with Crippen LogP contribution in [-0.4, -0.2) is 44.2 Å². The maximum Gasteiger partial charge on any atom is 0.190 e. The molecule has 0 fully saturated rings. The molecule has 0 saturated heterocycles. The lowest BCUT2D eigenvalue weighted by Crippen LogP contribution is -2.38. The van der Waals surface area contributed by atoms with Crippen LogP contribution in [0.15, 0.2) is 59.7 Å². The molecule has 7 heteroatoms. The average Bonchev–Trinajstić information content (AvgIpc) is 2.75. The van der Waals surface area contributed by atoms with Crippen molar-refractivity contribution in [3.8, 4) is 0 Å². The standard InChI is InChI=1S/C22H33N5O.HI/c1-19(20-11-4-3-5-12-20)28-18-10-17-27-22(23-2)26-16-9-8-15-25-21-13-6-7-14-24-21;/h3-7,11-14,19H,8-10,15-18H2,1-2H3,(H,24,25)(H2,23,26,27);1H. The first-order chi connectivity index (χ1) is 13.8. The number of pyridine rings is 1. The second-order valence-corrected chi connectivity index (χ2v) is 6.55. The van der Waals surface area contributed by atoms with Gasteiger partial charge in [0.2, 0.25) is 0 Å². The molecule has 0 aliphatic rings. The molecular formula is C22H34IN5O. The van der Waals surface area contributed by atoms with Gasteiger partial charge in [-0.2, -0.15) is 0 Å². The lowest BCUT2D eigenvalue weighted by Gasteiger charge is -2.15. The van der Waals surface area contributed by atoms with Crippen LogP contribution in [0.4, 0.5) is 5.82 Å². The van der Waals surface area contributed by atoms with Gasteiger partial charge in [0.25, 0.3) is 0 Å². The summed E-state index contributed by atoms with van der Waals surface area (Å²) in [5.74, 6) is 1.77. The van der Waals surface area contributed by atoms with Gasteiger partial charge in [0.15, 0.2) is 5.96 Å². The summed E-state index contributed by atoms with van der Waals surface area (Å²) in [7, 11) is 1.80. The van der Waals surface area contributed by atoms with E-state index in [1.807, 2.05) is 36.4 Å². The van der Waals surface area contributed by atoms with Gasteiger partial charge in [-0.25, -0.2) is 4.98 Å². The zero-order chi connectivity index (χ0) is 19.9. The summed E-state index contributed by atoms with van der Waals surface area (Å²) in [5, 5.41) is 10.00. The highest BCUT2D eigenvalue weighted by Gasteiger charge is 2.04. The molecule has 1 atom stereocenters. The topological polar surface area (TPSA) is 70.6 Å². The zero-order valence-electron chi connectivity index (χ0n) is 17.4. The highest BCUT2D eigenvalue weighted by molar-refractivity contribution is 14.0. The number of hydrogen-bond acceptors (Lipinski definition) is 4. The van der Waals surface area contributed by atoms with Gasteiger partial charge in [-0.3, -0.25) is 4.99 Å². The number of aromatic nitrogens is 1. The highest BCUT2D eigenvalue weighted by atomic mass is 127. The van der Waals surface area contributed by atoms with Crippen LogP contribution in [0.1, 0.15) is 37.9 Å². The Kier molecular flexibility index (Phi) is 13.9. The van der Waals surface area contributed by atoms with Crippen LogP contribution < -0.4 is 16.0 Å². The molecule has 0 saturated carbocycles. The lowest BCUT2D eigenvalue weighted by atomic mass is 10.1. The van der Waals surface area contributed by atoms with E-state index >= 15 is 0 Å². The Balaban J connectivity index is 0.00000420. The van der Waals surface area contributed by atoms with E-state index in [-0.39, 0.29) is 30.1 Å². The third-order valence-corrected chi connectivity index (χ3v) is 4.34. The van der Waals surface area contributed by atoms with Crippen molar-refractivity contribution in [3.05, 3.63) is 60.3 Å². The summed E-state index contributed by atoms with van der Waals surface area (Å²) in [5.41, 5.74) is 1.21. The number of ether oxygens (including phenoxy) is 1. The Hall–Kier alpha value is -1.87.